The fourth-order valence-electron chi connectivity index (χ4n) is 1.74. The maximum atomic E-state index is 13.2. The van der Waals surface area contributed by atoms with Gasteiger partial charge in [0.25, 0.3) is 0 Å². The summed E-state index contributed by atoms with van der Waals surface area (Å²) in [6.07, 6.45) is 0. The fraction of sp³-hybridized carbons (Fsp3) is 0.500. The molecule has 5 nitrogen and oxygen atoms in total. The van der Waals surface area contributed by atoms with E-state index in [9.17, 15) is 14.3 Å². The molecule has 0 saturated carbocycles. The lowest BCUT2D eigenvalue weighted by Crippen LogP contribution is -2.41. The van der Waals surface area contributed by atoms with E-state index in [4.69, 9.17) is 4.74 Å². The predicted octanol–water partition coefficient (Wildman–Crippen LogP) is 2.46. The second-order valence-electron chi connectivity index (χ2n) is 5.17. The molecule has 0 radical (unpaired) electrons. The summed E-state index contributed by atoms with van der Waals surface area (Å²) >= 11 is 0. The number of halogens is 1. The van der Waals surface area contributed by atoms with Gasteiger partial charge in [-0.25, -0.2) is 9.18 Å². The van der Waals surface area contributed by atoms with Crippen LogP contribution in [0.15, 0.2) is 18.2 Å². The number of benzene rings is 1. The third-order valence-corrected chi connectivity index (χ3v) is 2.46. The second-order valence-corrected chi connectivity index (χ2v) is 5.17. The Hall–Kier alpha value is -1.82. The number of hydrogen-bond acceptors (Lipinski definition) is 3. The van der Waals surface area contributed by atoms with Gasteiger partial charge in [0, 0.05) is 13.1 Å². The lowest BCUT2D eigenvalue weighted by atomic mass is 10.1. The molecule has 0 saturated heterocycles. The van der Waals surface area contributed by atoms with Crippen LogP contribution in [0.1, 0.15) is 20.8 Å². The molecule has 0 aromatic heterocycles. The van der Waals surface area contributed by atoms with Crippen LogP contribution in [0.5, 0.6) is 5.75 Å². The number of likely N-dealkylation sites (N-methyl/N-ethyl adjacent to an activating group) is 1. The van der Waals surface area contributed by atoms with E-state index >= 15 is 0 Å². The molecule has 0 heterocycles. The Bertz CT molecular complexity index is 472. The predicted molar refractivity (Wildman–Crippen MR) is 75.5 cm³/mol. The van der Waals surface area contributed by atoms with Gasteiger partial charge < -0.3 is 20.1 Å². The van der Waals surface area contributed by atoms with Crippen LogP contribution in [-0.4, -0.2) is 41.8 Å². The van der Waals surface area contributed by atoms with E-state index in [0.29, 0.717) is 12.3 Å². The molecule has 1 aromatic rings. The zero-order chi connectivity index (χ0) is 15.3. The maximum Gasteiger partial charge on any atom is 0.321 e. The van der Waals surface area contributed by atoms with Gasteiger partial charge in [0.2, 0.25) is 0 Å². The van der Waals surface area contributed by atoms with Crippen LogP contribution in [-0.2, 0) is 0 Å². The van der Waals surface area contributed by atoms with Crippen molar-refractivity contribution in [3.05, 3.63) is 24.0 Å². The highest BCUT2D eigenvalue weighted by atomic mass is 19.1. The number of nitrogens with zero attached hydrogens (tertiary/aromatic N) is 1. The first-order valence-corrected chi connectivity index (χ1v) is 6.40. The van der Waals surface area contributed by atoms with E-state index in [1.165, 1.54) is 23.1 Å². The smallest absolute Gasteiger partial charge is 0.321 e. The monoisotopic (exact) mass is 284 g/mol. The average Bonchev–Trinajstić information content (AvgIpc) is 2.30. The number of carbonyl (C=O) groups excluding carboxylic acids is 1. The molecule has 2 amide bonds. The number of rotatable bonds is 5. The lowest BCUT2D eigenvalue weighted by Gasteiger charge is -2.26. The normalized spacial score (nSPS) is 11.1. The molecule has 1 rings (SSSR count). The summed E-state index contributed by atoms with van der Waals surface area (Å²) in [4.78, 5) is 13.3. The fourth-order valence-corrected chi connectivity index (χ4v) is 1.74. The summed E-state index contributed by atoms with van der Waals surface area (Å²) in [5, 5.41) is 12.3. The van der Waals surface area contributed by atoms with Crippen molar-refractivity contribution in [2.24, 2.45) is 0 Å². The minimum Gasteiger partial charge on any atom is -0.492 e. The molecule has 112 valence electrons. The van der Waals surface area contributed by atoms with Gasteiger partial charge in [0.05, 0.1) is 24.4 Å². The molecule has 0 aliphatic carbocycles. The topological polar surface area (TPSA) is 61.8 Å². The Balaban J connectivity index is 2.79. The number of ether oxygens (including phenoxy) is 1. The molecule has 0 unspecified atom stereocenters. The molecule has 0 spiro atoms. The Morgan fingerprint density at radius 1 is 1.50 bits per heavy atom. The van der Waals surface area contributed by atoms with E-state index in [2.05, 4.69) is 5.32 Å². The van der Waals surface area contributed by atoms with Crippen molar-refractivity contribution >= 4 is 11.7 Å². The number of amides is 2. The quantitative estimate of drug-likeness (QED) is 0.873. The molecule has 0 bridgehead atoms. The van der Waals surface area contributed by atoms with Gasteiger partial charge in [-0.15, -0.1) is 0 Å². The first-order chi connectivity index (χ1) is 9.23. The number of anilines is 1. The zero-order valence-corrected chi connectivity index (χ0v) is 12.2. The minimum absolute atomic E-state index is 0.171. The highest BCUT2D eigenvalue weighted by Gasteiger charge is 2.20. The summed E-state index contributed by atoms with van der Waals surface area (Å²) in [6, 6.07) is 3.50. The molecule has 2 N–H and O–H groups in total. The number of urea groups is 1. The molecule has 0 aliphatic heterocycles. The number of nitrogens with one attached hydrogen (secondary N) is 1. The third-order valence-electron chi connectivity index (χ3n) is 2.46. The number of hydrogen-bond donors (Lipinski definition) is 2. The van der Waals surface area contributed by atoms with E-state index < -0.39 is 17.4 Å². The van der Waals surface area contributed by atoms with Crippen molar-refractivity contribution in [2.75, 3.05) is 25.5 Å². The molecular weight excluding hydrogens is 263 g/mol. The van der Waals surface area contributed by atoms with E-state index in [0.717, 1.165) is 0 Å². The van der Waals surface area contributed by atoms with Gasteiger partial charge >= 0.3 is 6.03 Å². The second kappa shape index (κ2) is 6.56. The van der Waals surface area contributed by atoms with E-state index in [1.807, 2.05) is 0 Å². The highest BCUT2D eigenvalue weighted by Crippen LogP contribution is 2.25. The zero-order valence-electron chi connectivity index (χ0n) is 12.2. The van der Waals surface area contributed by atoms with Crippen LogP contribution in [0.25, 0.3) is 0 Å². The van der Waals surface area contributed by atoms with Crippen LogP contribution < -0.4 is 10.1 Å². The van der Waals surface area contributed by atoms with Gasteiger partial charge in [-0.2, -0.15) is 0 Å². The Kier molecular flexibility index (Phi) is 5.33. The SMILES string of the molecule is CCOc1cc(F)ccc1NC(=O)N(C)CC(C)(C)O. The molecule has 20 heavy (non-hydrogen) atoms. The van der Waals surface area contributed by atoms with Gasteiger partial charge in [0.15, 0.2) is 0 Å². The highest BCUT2D eigenvalue weighted by molar-refractivity contribution is 5.90. The first-order valence-electron chi connectivity index (χ1n) is 6.40. The van der Waals surface area contributed by atoms with Crippen molar-refractivity contribution < 1.29 is 19.0 Å². The van der Waals surface area contributed by atoms with Crippen LogP contribution >= 0.6 is 0 Å². The maximum absolute atomic E-state index is 13.2. The van der Waals surface area contributed by atoms with Crippen LogP contribution in [0.2, 0.25) is 0 Å². The van der Waals surface area contributed by atoms with Crippen molar-refractivity contribution in [3.8, 4) is 5.75 Å². The van der Waals surface area contributed by atoms with Crippen LogP contribution in [0.3, 0.4) is 0 Å². The van der Waals surface area contributed by atoms with Gasteiger partial charge in [0.1, 0.15) is 11.6 Å². The summed E-state index contributed by atoms with van der Waals surface area (Å²) in [7, 11) is 1.57. The van der Waals surface area contributed by atoms with Gasteiger partial charge in [-0.3, -0.25) is 0 Å². The minimum atomic E-state index is -0.988. The van der Waals surface area contributed by atoms with Gasteiger partial charge in [-0.05, 0) is 32.9 Å². The molecular formula is C14H21FN2O3. The van der Waals surface area contributed by atoms with Crippen LogP contribution in [0.4, 0.5) is 14.9 Å². The van der Waals surface area contributed by atoms with E-state index in [1.54, 1.807) is 27.8 Å². The standard InChI is InChI=1S/C14H21FN2O3/c1-5-20-12-8-10(15)6-7-11(12)16-13(18)17(4)9-14(2,3)19/h6-8,19H,5,9H2,1-4H3,(H,16,18). The summed E-state index contributed by atoms with van der Waals surface area (Å²) < 4.78 is 18.4. The Morgan fingerprint density at radius 3 is 2.70 bits per heavy atom. The third kappa shape index (κ3) is 5.05. The number of aliphatic hydroxyl groups is 1. The van der Waals surface area contributed by atoms with Gasteiger partial charge in [-0.1, -0.05) is 0 Å². The molecule has 6 heteroatoms. The molecule has 0 atom stereocenters. The summed E-state index contributed by atoms with van der Waals surface area (Å²) in [5.41, 5.74) is -0.599. The Labute approximate surface area is 118 Å². The Morgan fingerprint density at radius 2 is 2.15 bits per heavy atom. The number of carbonyl (C=O) groups is 1. The average molecular weight is 284 g/mol. The van der Waals surface area contributed by atoms with Crippen molar-refractivity contribution in [1.29, 1.82) is 0 Å². The molecule has 0 fully saturated rings. The van der Waals surface area contributed by atoms with Crippen LogP contribution in [0, 0.1) is 5.82 Å². The van der Waals surface area contributed by atoms with Crippen molar-refractivity contribution in [2.45, 2.75) is 26.4 Å². The van der Waals surface area contributed by atoms with Crippen molar-refractivity contribution in [1.82, 2.24) is 4.90 Å². The molecule has 0 aliphatic rings. The van der Waals surface area contributed by atoms with E-state index in [-0.39, 0.29) is 12.3 Å². The van der Waals surface area contributed by atoms with Crippen molar-refractivity contribution in [3.63, 3.8) is 0 Å². The molecule has 1 aromatic carbocycles. The summed E-state index contributed by atoms with van der Waals surface area (Å²) in [5.74, 6) is -0.159. The lowest BCUT2D eigenvalue weighted by molar-refractivity contribution is 0.0550. The summed E-state index contributed by atoms with van der Waals surface area (Å²) in [6.45, 7) is 5.54. The first kappa shape index (κ1) is 16.2. The largest absolute Gasteiger partial charge is 0.492 e.